The maximum absolute atomic E-state index is 3.79. The topological polar surface area (TPSA) is 15.3 Å². The first-order valence-corrected chi connectivity index (χ1v) is 17.4. The van der Waals surface area contributed by atoms with E-state index in [1.807, 2.05) is 0 Å². The Morgan fingerprint density at radius 2 is 1.30 bits per heavy atom. The normalized spacial score (nSPS) is 17.8. The van der Waals surface area contributed by atoms with Gasteiger partial charge in [-0.25, -0.2) is 0 Å². The summed E-state index contributed by atoms with van der Waals surface area (Å²) in [6, 6.07) is 48.3. The van der Waals surface area contributed by atoms with Crippen LogP contribution in [0.1, 0.15) is 81.3 Å². The van der Waals surface area contributed by atoms with Crippen LogP contribution in [0.4, 0.5) is 17.1 Å². The van der Waals surface area contributed by atoms with E-state index in [1.165, 1.54) is 104 Å². The molecule has 0 bridgehead atoms. The van der Waals surface area contributed by atoms with Crippen LogP contribution in [0.2, 0.25) is 0 Å². The Morgan fingerprint density at radius 3 is 2.04 bits per heavy atom. The van der Waals surface area contributed by atoms with Gasteiger partial charge in [-0.2, -0.15) is 0 Å². The fourth-order valence-corrected chi connectivity index (χ4v) is 8.79. The Bertz CT molecular complexity index is 2220. The SMILES string of the molecule is CC(C)(C)c1cc2ccc3ccc(C4(c5ccc(N6c7ccccc7NC6c6ccccc6)cc5)CCCCC4)c4ccc(c1)c2c34. The quantitative estimate of drug-likeness (QED) is 0.199. The lowest BCUT2D eigenvalue weighted by atomic mass is 9.64. The van der Waals surface area contributed by atoms with Crippen LogP contribution in [-0.4, -0.2) is 0 Å². The average molecular weight is 611 g/mol. The van der Waals surface area contributed by atoms with Crippen molar-refractivity contribution in [2.75, 3.05) is 10.2 Å². The summed E-state index contributed by atoms with van der Waals surface area (Å²) in [5.41, 5.74) is 9.34. The largest absolute Gasteiger partial charge is 0.359 e. The van der Waals surface area contributed by atoms with Crippen molar-refractivity contribution in [3.63, 3.8) is 0 Å². The first-order valence-electron chi connectivity index (χ1n) is 17.4. The fraction of sp³-hybridized carbons (Fsp3) is 0.244. The van der Waals surface area contributed by atoms with E-state index in [-0.39, 0.29) is 17.0 Å². The smallest absolute Gasteiger partial charge is 0.130 e. The third-order valence-corrected chi connectivity index (χ3v) is 11.2. The summed E-state index contributed by atoms with van der Waals surface area (Å²) >= 11 is 0. The summed E-state index contributed by atoms with van der Waals surface area (Å²) in [5, 5.41) is 12.1. The Hall–Kier alpha value is -4.82. The molecule has 1 atom stereocenters. The molecule has 1 aliphatic carbocycles. The van der Waals surface area contributed by atoms with Crippen LogP contribution in [0.3, 0.4) is 0 Å². The number of hydrogen-bond donors (Lipinski definition) is 1. The molecule has 2 nitrogen and oxygen atoms in total. The summed E-state index contributed by atoms with van der Waals surface area (Å²) in [5.74, 6) is 0. The maximum Gasteiger partial charge on any atom is 0.130 e. The zero-order chi connectivity index (χ0) is 31.8. The van der Waals surface area contributed by atoms with Crippen molar-refractivity contribution in [2.45, 2.75) is 69.9 Å². The Labute approximate surface area is 278 Å². The van der Waals surface area contributed by atoms with E-state index >= 15 is 0 Å². The molecule has 1 unspecified atom stereocenters. The molecule has 0 aromatic heterocycles. The Kier molecular flexibility index (Phi) is 6.41. The van der Waals surface area contributed by atoms with Crippen LogP contribution in [-0.2, 0) is 10.8 Å². The fourth-order valence-electron chi connectivity index (χ4n) is 8.79. The number of benzene rings is 7. The minimum atomic E-state index is -0.00431. The molecule has 1 N–H and O–H groups in total. The van der Waals surface area contributed by atoms with Crippen LogP contribution in [0.15, 0.2) is 127 Å². The van der Waals surface area contributed by atoms with Crippen molar-refractivity contribution in [1.29, 1.82) is 0 Å². The molecule has 232 valence electrons. The van der Waals surface area contributed by atoms with E-state index in [2.05, 4.69) is 158 Å². The van der Waals surface area contributed by atoms with Gasteiger partial charge in [0.2, 0.25) is 0 Å². The monoisotopic (exact) mass is 610 g/mol. The van der Waals surface area contributed by atoms with Crippen molar-refractivity contribution in [3.8, 4) is 0 Å². The van der Waals surface area contributed by atoms with Crippen LogP contribution in [0.25, 0.3) is 32.3 Å². The molecule has 7 aromatic rings. The Balaban J connectivity index is 1.18. The van der Waals surface area contributed by atoms with Crippen LogP contribution >= 0.6 is 0 Å². The number of para-hydroxylation sites is 2. The minimum Gasteiger partial charge on any atom is -0.359 e. The van der Waals surface area contributed by atoms with Gasteiger partial charge in [0.25, 0.3) is 0 Å². The minimum absolute atomic E-state index is 0.00431. The standard InChI is InChI=1S/C45H42N2/c1-44(2,3)35-28-32-17-16-30-19-25-38(37-24-18-33(29-35)41(32)42(30)37)45(26-10-5-11-27-45)34-20-22-36(23-21-34)47-40-15-9-8-14-39(40)46-43(47)31-12-6-4-7-13-31/h4,6-9,12-25,28-29,43,46H,5,10-11,26-27H2,1-3H3. The van der Waals surface area contributed by atoms with Gasteiger partial charge in [-0.05, 0) is 97.1 Å². The van der Waals surface area contributed by atoms with E-state index in [9.17, 15) is 0 Å². The second-order valence-electron chi connectivity index (χ2n) is 15.0. The summed E-state index contributed by atoms with van der Waals surface area (Å²) in [4.78, 5) is 2.46. The van der Waals surface area contributed by atoms with Gasteiger partial charge < -0.3 is 10.2 Å². The molecule has 2 aliphatic rings. The van der Waals surface area contributed by atoms with Crippen molar-refractivity contribution in [2.24, 2.45) is 0 Å². The summed E-state index contributed by atoms with van der Waals surface area (Å²) in [6.45, 7) is 6.95. The highest BCUT2D eigenvalue weighted by Gasteiger charge is 2.38. The molecule has 0 spiro atoms. The highest BCUT2D eigenvalue weighted by atomic mass is 15.3. The zero-order valence-corrected chi connectivity index (χ0v) is 27.7. The van der Waals surface area contributed by atoms with Gasteiger partial charge in [-0.15, -0.1) is 0 Å². The lowest BCUT2D eigenvalue weighted by Crippen LogP contribution is -2.31. The lowest BCUT2D eigenvalue weighted by molar-refractivity contribution is 0.348. The van der Waals surface area contributed by atoms with Gasteiger partial charge in [-0.1, -0.05) is 143 Å². The molecule has 1 saturated carbocycles. The van der Waals surface area contributed by atoms with Gasteiger partial charge in [0, 0.05) is 11.1 Å². The van der Waals surface area contributed by atoms with Gasteiger partial charge in [0.15, 0.2) is 0 Å². The molecule has 1 heterocycles. The second-order valence-corrected chi connectivity index (χ2v) is 15.0. The summed E-state index contributed by atoms with van der Waals surface area (Å²) < 4.78 is 0. The first-order chi connectivity index (χ1) is 22.9. The third kappa shape index (κ3) is 4.45. The highest BCUT2D eigenvalue weighted by molar-refractivity contribution is 6.24. The summed E-state index contributed by atoms with van der Waals surface area (Å²) in [6.07, 6.45) is 6.27. The van der Waals surface area contributed by atoms with Gasteiger partial charge in [-0.3, -0.25) is 0 Å². The molecule has 9 rings (SSSR count). The second kappa shape index (κ2) is 10.6. The highest BCUT2D eigenvalue weighted by Crippen LogP contribution is 2.51. The van der Waals surface area contributed by atoms with Crippen molar-refractivity contribution in [3.05, 3.63) is 150 Å². The predicted octanol–water partition coefficient (Wildman–Crippen LogP) is 12.4. The molecule has 47 heavy (non-hydrogen) atoms. The maximum atomic E-state index is 3.79. The lowest BCUT2D eigenvalue weighted by Gasteiger charge is -2.40. The number of fused-ring (bicyclic) bond motifs is 1. The molecule has 2 heteroatoms. The number of hydrogen-bond acceptors (Lipinski definition) is 2. The van der Waals surface area contributed by atoms with E-state index in [4.69, 9.17) is 0 Å². The van der Waals surface area contributed by atoms with E-state index in [0.717, 1.165) is 0 Å². The Morgan fingerprint density at radius 1 is 0.638 bits per heavy atom. The van der Waals surface area contributed by atoms with E-state index in [0.29, 0.717) is 0 Å². The number of nitrogens with one attached hydrogen (secondary N) is 1. The van der Waals surface area contributed by atoms with Crippen LogP contribution in [0.5, 0.6) is 0 Å². The van der Waals surface area contributed by atoms with Gasteiger partial charge in [0.1, 0.15) is 6.17 Å². The molecule has 7 aromatic carbocycles. The van der Waals surface area contributed by atoms with Crippen molar-refractivity contribution < 1.29 is 0 Å². The van der Waals surface area contributed by atoms with E-state index < -0.39 is 0 Å². The van der Waals surface area contributed by atoms with Gasteiger partial charge in [0.05, 0.1) is 11.4 Å². The van der Waals surface area contributed by atoms with Gasteiger partial charge >= 0.3 is 0 Å². The predicted molar refractivity (Wildman–Crippen MR) is 201 cm³/mol. The molecular formula is C45H42N2. The third-order valence-electron chi connectivity index (χ3n) is 11.2. The van der Waals surface area contributed by atoms with Crippen LogP contribution < -0.4 is 10.2 Å². The van der Waals surface area contributed by atoms with Crippen LogP contribution in [0, 0.1) is 0 Å². The molecule has 1 aliphatic heterocycles. The molecule has 0 saturated heterocycles. The number of anilines is 3. The summed E-state index contributed by atoms with van der Waals surface area (Å²) in [7, 11) is 0. The molecule has 0 radical (unpaired) electrons. The first kappa shape index (κ1) is 28.4. The van der Waals surface area contributed by atoms with E-state index in [1.54, 1.807) is 0 Å². The van der Waals surface area contributed by atoms with Crippen molar-refractivity contribution >= 4 is 49.4 Å². The number of rotatable bonds is 4. The number of nitrogens with zero attached hydrogens (tertiary/aromatic N) is 1. The average Bonchev–Trinajstić information content (AvgIpc) is 3.50. The molecule has 1 fully saturated rings. The molecule has 0 amide bonds. The zero-order valence-electron chi connectivity index (χ0n) is 27.7. The van der Waals surface area contributed by atoms with Crippen molar-refractivity contribution in [1.82, 2.24) is 0 Å². The molecular weight excluding hydrogens is 569 g/mol.